The molecule has 7 heteroatoms. The Hall–Kier alpha value is -2.70. The predicted octanol–water partition coefficient (Wildman–Crippen LogP) is 1.68. The van der Waals surface area contributed by atoms with Crippen LogP contribution in [0.1, 0.15) is 64.2 Å². The number of nitrogens with zero attached hydrogens (tertiary/aromatic N) is 2. The topological polar surface area (TPSA) is 86.8 Å². The number of hydrogen-bond donors (Lipinski definition) is 1. The Bertz CT molecular complexity index is 794. The summed E-state index contributed by atoms with van der Waals surface area (Å²) in [5.74, 6) is -0.495. The second-order valence-electron chi connectivity index (χ2n) is 7.66. The summed E-state index contributed by atoms with van der Waals surface area (Å²) in [6, 6.07) is 4.57. The molecule has 1 aromatic carbocycles. The Kier molecular flexibility index (Phi) is 5.30. The largest absolute Gasteiger partial charge is 0.349 e. The van der Waals surface area contributed by atoms with Gasteiger partial charge in [-0.1, -0.05) is 13.8 Å². The van der Waals surface area contributed by atoms with E-state index in [9.17, 15) is 19.2 Å². The molecule has 1 aromatic rings. The smallest absolute Gasteiger partial charge is 0.261 e. The van der Waals surface area contributed by atoms with E-state index in [2.05, 4.69) is 5.32 Å². The van der Waals surface area contributed by atoms with Crippen molar-refractivity contribution in [3.63, 3.8) is 0 Å². The van der Waals surface area contributed by atoms with E-state index < -0.39 is 0 Å². The van der Waals surface area contributed by atoms with Crippen LogP contribution in [0.4, 0.5) is 0 Å². The van der Waals surface area contributed by atoms with Crippen LogP contribution in [0, 0.1) is 5.92 Å². The lowest BCUT2D eigenvalue weighted by Gasteiger charge is -2.32. The van der Waals surface area contributed by atoms with Gasteiger partial charge >= 0.3 is 0 Å². The number of likely N-dealkylation sites (tertiary alicyclic amines) is 1. The summed E-state index contributed by atoms with van der Waals surface area (Å²) < 4.78 is 0. The SMILES string of the molecule is CC(C)CC(=O)N1CCC(NC(=O)c2ccc3c(c2)C(=O)N(C)C3=O)CC1. The number of carbonyl (C=O) groups is 4. The maximum absolute atomic E-state index is 12.5. The van der Waals surface area contributed by atoms with E-state index >= 15 is 0 Å². The third-order valence-electron chi connectivity index (χ3n) is 5.12. The fourth-order valence-electron chi connectivity index (χ4n) is 3.52. The van der Waals surface area contributed by atoms with Crippen molar-refractivity contribution >= 4 is 23.6 Å². The van der Waals surface area contributed by atoms with E-state index in [0.717, 1.165) is 4.90 Å². The van der Waals surface area contributed by atoms with Crippen LogP contribution in [-0.4, -0.2) is 59.6 Å². The van der Waals surface area contributed by atoms with Crippen molar-refractivity contribution < 1.29 is 19.2 Å². The summed E-state index contributed by atoms with van der Waals surface area (Å²) in [5.41, 5.74) is 0.962. The lowest BCUT2D eigenvalue weighted by molar-refractivity contribution is -0.133. The standard InChI is InChI=1S/C20H25N3O4/c1-12(2)10-17(24)23-8-6-14(7-9-23)21-18(25)13-4-5-15-16(11-13)20(27)22(3)19(15)26/h4-5,11-12,14H,6-10H2,1-3H3,(H,21,25). The lowest BCUT2D eigenvalue weighted by atomic mass is 10.0. The van der Waals surface area contributed by atoms with Crippen molar-refractivity contribution in [2.75, 3.05) is 20.1 Å². The van der Waals surface area contributed by atoms with Gasteiger partial charge in [-0.3, -0.25) is 24.1 Å². The number of hydrogen-bond acceptors (Lipinski definition) is 4. The third kappa shape index (κ3) is 3.86. The molecule has 0 aromatic heterocycles. The first-order valence-electron chi connectivity index (χ1n) is 9.33. The summed E-state index contributed by atoms with van der Waals surface area (Å²) in [7, 11) is 1.43. The molecule has 2 aliphatic heterocycles. The van der Waals surface area contributed by atoms with Crippen molar-refractivity contribution in [1.82, 2.24) is 15.1 Å². The number of imide groups is 1. The first-order valence-corrected chi connectivity index (χ1v) is 9.33. The molecular formula is C20H25N3O4. The van der Waals surface area contributed by atoms with Gasteiger partial charge in [-0.05, 0) is 37.0 Å². The normalized spacial score (nSPS) is 17.5. The molecule has 2 heterocycles. The van der Waals surface area contributed by atoms with Gasteiger partial charge in [0.25, 0.3) is 17.7 Å². The average Bonchev–Trinajstić information content (AvgIpc) is 2.85. The number of piperidine rings is 1. The summed E-state index contributed by atoms with van der Waals surface area (Å²) in [4.78, 5) is 51.6. The zero-order valence-corrected chi connectivity index (χ0v) is 15.9. The van der Waals surface area contributed by atoms with Gasteiger partial charge in [-0.15, -0.1) is 0 Å². The summed E-state index contributed by atoms with van der Waals surface area (Å²) in [5, 5.41) is 2.98. The molecule has 0 unspecified atom stereocenters. The highest BCUT2D eigenvalue weighted by Gasteiger charge is 2.33. The van der Waals surface area contributed by atoms with E-state index in [1.807, 2.05) is 18.7 Å². The number of nitrogens with one attached hydrogen (secondary N) is 1. The number of rotatable bonds is 4. The van der Waals surface area contributed by atoms with Gasteiger partial charge in [-0.2, -0.15) is 0 Å². The minimum atomic E-state index is -0.387. The molecule has 7 nitrogen and oxygen atoms in total. The van der Waals surface area contributed by atoms with Crippen molar-refractivity contribution in [3.05, 3.63) is 34.9 Å². The fourth-order valence-corrected chi connectivity index (χ4v) is 3.52. The van der Waals surface area contributed by atoms with Crippen LogP contribution >= 0.6 is 0 Å². The predicted molar refractivity (Wildman–Crippen MR) is 99.4 cm³/mol. The Balaban J connectivity index is 1.59. The van der Waals surface area contributed by atoms with E-state index in [-0.39, 0.29) is 35.2 Å². The van der Waals surface area contributed by atoms with Gasteiger partial charge in [-0.25, -0.2) is 0 Å². The van der Waals surface area contributed by atoms with Gasteiger partial charge in [0.1, 0.15) is 0 Å². The van der Waals surface area contributed by atoms with Crippen LogP contribution in [0.5, 0.6) is 0 Å². The van der Waals surface area contributed by atoms with Gasteiger partial charge in [0.15, 0.2) is 0 Å². The highest BCUT2D eigenvalue weighted by atomic mass is 16.2. The third-order valence-corrected chi connectivity index (χ3v) is 5.12. The molecule has 1 saturated heterocycles. The van der Waals surface area contributed by atoms with Crippen LogP contribution in [-0.2, 0) is 4.79 Å². The molecule has 4 amide bonds. The van der Waals surface area contributed by atoms with Crippen molar-refractivity contribution in [2.45, 2.75) is 39.2 Å². The molecule has 0 bridgehead atoms. The van der Waals surface area contributed by atoms with E-state index in [1.54, 1.807) is 6.07 Å². The number of benzene rings is 1. The fraction of sp³-hybridized carbons (Fsp3) is 0.500. The van der Waals surface area contributed by atoms with Crippen LogP contribution in [0.2, 0.25) is 0 Å². The van der Waals surface area contributed by atoms with E-state index in [4.69, 9.17) is 0 Å². The number of fused-ring (bicyclic) bond motifs is 1. The summed E-state index contributed by atoms with van der Waals surface area (Å²) >= 11 is 0. The Morgan fingerprint density at radius 2 is 1.74 bits per heavy atom. The zero-order chi connectivity index (χ0) is 19.7. The molecule has 27 heavy (non-hydrogen) atoms. The highest BCUT2D eigenvalue weighted by Crippen LogP contribution is 2.23. The molecule has 0 saturated carbocycles. The van der Waals surface area contributed by atoms with Gasteiger partial charge < -0.3 is 10.2 Å². The second-order valence-corrected chi connectivity index (χ2v) is 7.66. The molecular weight excluding hydrogens is 346 g/mol. The van der Waals surface area contributed by atoms with Crippen molar-refractivity contribution in [2.24, 2.45) is 5.92 Å². The zero-order valence-electron chi connectivity index (χ0n) is 15.9. The molecule has 3 rings (SSSR count). The van der Waals surface area contributed by atoms with E-state index in [0.29, 0.717) is 49.4 Å². The second kappa shape index (κ2) is 7.50. The number of amides is 4. The molecule has 2 aliphatic rings. The van der Waals surface area contributed by atoms with Crippen LogP contribution in [0.15, 0.2) is 18.2 Å². The van der Waals surface area contributed by atoms with Gasteiger partial charge in [0, 0.05) is 38.2 Å². The Labute approximate surface area is 158 Å². The van der Waals surface area contributed by atoms with Crippen molar-refractivity contribution in [3.8, 4) is 0 Å². The Morgan fingerprint density at radius 3 is 2.37 bits per heavy atom. The van der Waals surface area contributed by atoms with Crippen LogP contribution in [0.3, 0.4) is 0 Å². The minimum absolute atomic E-state index is 0.00568. The monoisotopic (exact) mass is 371 g/mol. The van der Waals surface area contributed by atoms with Gasteiger partial charge in [0.2, 0.25) is 5.91 Å². The van der Waals surface area contributed by atoms with Crippen molar-refractivity contribution in [1.29, 1.82) is 0 Å². The molecule has 0 atom stereocenters. The van der Waals surface area contributed by atoms with Crippen LogP contribution < -0.4 is 5.32 Å². The molecule has 0 radical (unpaired) electrons. The maximum atomic E-state index is 12.5. The summed E-state index contributed by atoms with van der Waals surface area (Å²) in [6.45, 7) is 5.33. The number of carbonyl (C=O) groups excluding carboxylic acids is 4. The maximum Gasteiger partial charge on any atom is 0.261 e. The summed E-state index contributed by atoms with van der Waals surface area (Å²) in [6.07, 6.45) is 1.97. The lowest BCUT2D eigenvalue weighted by Crippen LogP contribution is -2.46. The van der Waals surface area contributed by atoms with Crippen LogP contribution in [0.25, 0.3) is 0 Å². The quantitative estimate of drug-likeness (QED) is 0.816. The molecule has 1 fully saturated rings. The van der Waals surface area contributed by atoms with Gasteiger partial charge in [0.05, 0.1) is 11.1 Å². The highest BCUT2D eigenvalue weighted by molar-refractivity contribution is 6.21. The first-order chi connectivity index (χ1) is 12.8. The molecule has 0 aliphatic carbocycles. The van der Waals surface area contributed by atoms with E-state index in [1.165, 1.54) is 19.2 Å². The minimum Gasteiger partial charge on any atom is -0.349 e. The Morgan fingerprint density at radius 1 is 1.11 bits per heavy atom. The first kappa shape index (κ1) is 19.1. The molecule has 0 spiro atoms. The molecule has 1 N–H and O–H groups in total. The molecule has 144 valence electrons. The average molecular weight is 371 g/mol.